The van der Waals surface area contributed by atoms with Crippen LogP contribution in [0.2, 0.25) is 0 Å². The first-order valence-electron chi connectivity index (χ1n) is 4.96. The summed E-state index contributed by atoms with van der Waals surface area (Å²) in [6, 6.07) is 0. The molecule has 0 aromatic heterocycles. The van der Waals surface area contributed by atoms with E-state index in [2.05, 4.69) is 13.8 Å². The Balaban J connectivity index is 2.46. The highest BCUT2D eigenvalue weighted by Gasteiger charge is 2.34. The third-order valence-corrected chi connectivity index (χ3v) is 2.63. The van der Waals surface area contributed by atoms with E-state index in [-0.39, 0.29) is 18.1 Å². The highest BCUT2D eigenvalue weighted by molar-refractivity contribution is 5.78. The number of rotatable bonds is 3. The monoisotopic (exact) mass is 185 g/mol. The highest BCUT2D eigenvalue weighted by Crippen LogP contribution is 2.27. The summed E-state index contributed by atoms with van der Waals surface area (Å²) in [5.74, 6) is 0.129. The lowest BCUT2D eigenvalue weighted by Gasteiger charge is -2.31. The topological polar surface area (TPSA) is 29.5 Å². The maximum Gasteiger partial charge on any atom is 0.249 e. The average Bonchev–Trinajstić information content (AvgIpc) is 2.41. The van der Waals surface area contributed by atoms with E-state index in [4.69, 9.17) is 4.74 Å². The van der Waals surface area contributed by atoms with Gasteiger partial charge in [-0.2, -0.15) is 0 Å². The van der Waals surface area contributed by atoms with Gasteiger partial charge in [-0.05, 0) is 33.6 Å². The zero-order valence-corrected chi connectivity index (χ0v) is 8.80. The van der Waals surface area contributed by atoms with Gasteiger partial charge in [-0.1, -0.05) is 0 Å². The molecule has 1 heterocycles. The van der Waals surface area contributed by atoms with Gasteiger partial charge in [0.25, 0.3) is 0 Å². The number of carbonyl (C=O) groups excluding carboxylic acids is 1. The van der Waals surface area contributed by atoms with E-state index in [1.165, 1.54) is 0 Å². The Bertz CT molecular complexity index is 189. The Hall–Kier alpha value is -0.570. The molecule has 13 heavy (non-hydrogen) atoms. The van der Waals surface area contributed by atoms with Crippen LogP contribution in [0.4, 0.5) is 0 Å². The lowest BCUT2D eigenvalue weighted by atomic mass is 10.0. The third-order valence-electron chi connectivity index (χ3n) is 2.63. The number of nitrogens with zero attached hydrogens (tertiary/aromatic N) is 1. The van der Waals surface area contributed by atoms with Crippen LogP contribution in [0.5, 0.6) is 0 Å². The van der Waals surface area contributed by atoms with Crippen molar-refractivity contribution < 1.29 is 9.53 Å². The van der Waals surface area contributed by atoms with Crippen molar-refractivity contribution in [1.82, 2.24) is 4.90 Å². The zero-order chi connectivity index (χ0) is 9.90. The van der Waals surface area contributed by atoms with Crippen molar-refractivity contribution in [2.45, 2.75) is 39.2 Å². The lowest BCUT2D eigenvalue weighted by molar-refractivity contribution is -0.139. The first-order chi connectivity index (χ1) is 6.08. The molecule has 1 aliphatic rings. The molecule has 0 radical (unpaired) electrons. The second-order valence-electron chi connectivity index (χ2n) is 4.10. The fraction of sp³-hybridized carbons (Fsp3) is 0.900. The van der Waals surface area contributed by atoms with Crippen LogP contribution in [-0.4, -0.2) is 36.1 Å². The van der Waals surface area contributed by atoms with Gasteiger partial charge in [-0.25, -0.2) is 0 Å². The van der Waals surface area contributed by atoms with Gasteiger partial charge < -0.3 is 9.64 Å². The lowest BCUT2D eigenvalue weighted by Crippen LogP contribution is -2.44. The fourth-order valence-electron chi connectivity index (χ4n) is 1.84. The average molecular weight is 185 g/mol. The molecular formula is C10H19NO2. The maximum absolute atomic E-state index is 11.6. The maximum atomic E-state index is 11.6. The van der Waals surface area contributed by atoms with Crippen LogP contribution in [0.15, 0.2) is 0 Å². The molecule has 1 rings (SSSR count). The predicted octanol–water partition coefficient (Wildman–Crippen LogP) is 1.42. The normalized spacial score (nSPS) is 20.7. The molecule has 1 saturated heterocycles. The molecular weight excluding hydrogens is 166 g/mol. The van der Waals surface area contributed by atoms with Gasteiger partial charge in [0.05, 0.1) is 0 Å². The number of hydrogen-bond acceptors (Lipinski definition) is 2. The Morgan fingerprint density at radius 2 is 2.23 bits per heavy atom. The van der Waals surface area contributed by atoms with E-state index in [9.17, 15) is 4.79 Å². The fourth-order valence-corrected chi connectivity index (χ4v) is 1.84. The summed E-state index contributed by atoms with van der Waals surface area (Å²) < 4.78 is 5.11. The molecule has 3 nitrogen and oxygen atoms in total. The van der Waals surface area contributed by atoms with Crippen molar-refractivity contribution >= 4 is 5.91 Å². The van der Waals surface area contributed by atoms with Crippen molar-refractivity contribution in [2.24, 2.45) is 0 Å². The third kappa shape index (κ3) is 2.44. The Morgan fingerprint density at radius 1 is 1.54 bits per heavy atom. The summed E-state index contributed by atoms with van der Waals surface area (Å²) in [4.78, 5) is 13.6. The first-order valence-corrected chi connectivity index (χ1v) is 4.96. The molecule has 76 valence electrons. The minimum absolute atomic E-state index is 0.0359. The van der Waals surface area contributed by atoms with Crippen LogP contribution in [-0.2, 0) is 9.53 Å². The molecule has 0 bridgehead atoms. The molecule has 3 heteroatoms. The summed E-state index contributed by atoms with van der Waals surface area (Å²) in [5, 5.41) is 0. The molecule has 1 aliphatic heterocycles. The van der Waals surface area contributed by atoms with Gasteiger partial charge in [0.15, 0.2) is 0 Å². The van der Waals surface area contributed by atoms with Crippen LogP contribution < -0.4 is 0 Å². The number of hydrogen-bond donors (Lipinski definition) is 0. The summed E-state index contributed by atoms with van der Waals surface area (Å²) in [6.45, 7) is 7.87. The number of amides is 1. The molecule has 0 aliphatic carbocycles. The van der Waals surface area contributed by atoms with E-state index in [1.54, 1.807) is 0 Å². The van der Waals surface area contributed by atoms with Gasteiger partial charge in [-0.15, -0.1) is 0 Å². The van der Waals surface area contributed by atoms with E-state index < -0.39 is 0 Å². The predicted molar refractivity (Wildman–Crippen MR) is 51.5 cm³/mol. The SMILES string of the molecule is CCOCC(=O)N1CCCC1(C)C. The van der Waals surface area contributed by atoms with Crippen LogP contribution in [0.25, 0.3) is 0 Å². The standard InChI is InChI=1S/C10H19NO2/c1-4-13-8-9(12)11-7-5-6-10(11,2)3/h4-8H2,1-3H3. The van der Waals surface area contributed by atoms with E-state index >= 15 is 0 Å². The van der Waals surface area contributed by atoms with Crippen molar-refractivity contribution in [3.05, 3.63) is 0 Å². The summed E-state index contributed by atoms with van der Waals surface area (Å²) in [6.07, 6.45) is 2.22. The van der Waals surface area contributed by atoms with E-state index in [0.717, 1.165) is 19.4 Å². The first kappa shape index (κ1) is 10.5. The molecule has 0 N–H and O–H groups in total. The van der Waals surface area contributed by atoms with Gasteiger partial charge in [0, 0.05) is 18.7 Å². The van der Waals surface area contributed by atoms with Gasteiger partial charge >= 0.3 is 0 Å². The minimum Gasteiger partial charge on any atom is -0.372 e. The van der Waals surface area contributed by atoms with Crippen molar-refractivity contribution in [2.75, 3.05) is 19.8 Å². The molecule has 0 aromatic rings. The van der Waals surface area contributed by atoms with Crippen molar-refractivity contribution in [3.8, 4) is 0 Å². The molecule has 0 unspecified atom stereocenters. The van der Waals surface area contributed by atoms with E-state index in [1.807, 2.05) is 11.8 Å². The number of ether oxygens (including phenoxy) is 1. The molecule has 0 saturated carbocycles. The van der Waals surface area contributed by atoms with Crippen LogP contribution >= 0.6 is 0 Å². The highest BCUT2D eigenvalue weighted by atomic mass is 16.5. The smallest absolute Gasteiger partial charge is 0.249 e. The van der Waals surface area contributed by atoms with E-state index in [0.29, 0.717) is 6.61 Å². The Kier molecular flexibility index (Phi) is 3.31. The number of likely N-dealkylation sites (tertiary alicyclic amines) is 1. The summed E-state index contributed by atoms with van der Waals surface area (Å²) >= 11 is 0. The number of carbonyl (C=O) groups is 1. The zero-order valence-electron chi connectivity index (χ0n) is 8.80. The van der Waals surface area contributed by atoms with Crippen LogP contribution in [0.3, 0.4) is 0 Å². The Morgan fingerprint density at radius 3 is 2.69 bits per heavy atom. The molecule has 0 atom stereocenters. The van der Waals surface area contributed by atoms with Crippen LogP contribution in [0.1, 0.15) is 33.6 Å². The minimum atomic E-state index is 0.0359. The molecule has 0 aromatic carbocycles. The Labute approximate surface area is 80.1 Å². The van der Waals surface area contributed by atoms with Crippen LogP contribution in [0, 0.1) is 0 Å². The van der Waals surface area contributed by atoms with Crippen molar-refractivity contribution in [3.63, 3.8) is 0 Å². The quantitative estimate of drug-likeness (QED) is 0.665. The van der Waals surface area contributed by atoms with Gasteiger partial charge in [0.1, 0.15) is 6.61 Å². The second-order valence-corrected chi connectivity index (χ2v) is 4.10. The molecule has 1 fully saturated rings. The van der Waals surface area contributed by atoms with Gasteiger partial charge in [0.2, 0.25) is 5.91 Å². The van der Waals surface area contributed by atoms with Gasteiger partial charge in [-0.3, -0.25) is 4.79 Å². The second kappa shape index (κ2) is 4.09. The molecule has 0 spiro atoms. The molecule has 1 amide bonds. The summed E-state index contributed by atoms with van der Waals surface area (Å²) in [7, 11) is 0. The largest absolute Gasteiger partial charge is 0.372 e. The summed E-state index contributed by atoms with van der Waals surface area (Å²) in [5.41, 5.74) is 0.0359. The van der Waals surface area contributed by atoms with Crippen molar-refractivity contribution in [1.29, 1.82) is 0 Å².